The third kappa shape index (κ3) is 5.31. The summed E-state index contributed by atoms with van der Waals surface area (Å²) in [7, 11) is 1.60. The fourth-order valence-electron chi connectivity index (χ4n) is 2.82. The van der Waals surface area contributed by atoms with Gasteiger partial charge in [0.05, 0.1) is 25.0 Å². The Labute approximate surface area is 168 Å². The van der Waals surface area contributed by atoms with E-state index in [9.17, 15) is 9.59 Å². The molecule has 2 amide bonds. The molecule has 8 heteroatoms. The highest BCUT2D eigenvalue weighted by molar-refractivity contribution is 8.00. The Morgan fingerprint density at radius 3 is 2.79 bits per heavy atom. The monoisotopic (exact) mass is 401 g/mol. The number of hydrogen-bond acceptors (Lipinski definition) is 6. The van der Waals surface area contributed by atoms with Crippen molar-refractivity contribution in [1.29, 1.82) is 0 Å². The Morgan fingerprint density at radius 1 is 1.25 bits per heavy atom. The quantitative estimate of drug-likeness (QED) is 0.692. The highest BCUT2D eigenvalue weighted by Crippen LogP contribution is 2.20. The van der Waals surface area contributed by atoms with Crippen molar-refractivity contribution in [2.45, 2.75) is 24.0 Å². The van der Waals surface area contributed by atoms with Gasteiger partial charge in [0.25, 0.3) is 5.91 Å². The van der Waals surface area contributed by atoms with E-state index in [1.165, 1.54) is 11.8 Å². The lowest BCUT2D eigenvalue weighted by atomic mass is 10.1. The zero-order valence-corrected chi connectivity index (χ0v) is 16.6. The zero-order chi connectivity index (χ0) is 19.9. The number of carbonyl (C=O) groups is 2. The van der Waals surface area contributed by atoms with Crippen LogP contribution in [0.4, 0.5) is 5.69 Å². The molecule has 1 aromatic heterocycles. The smallest absolute Gasteiger partial charge is 0.251 e. The zero-order valence-electron chi connectivity index (χ0n) is 15.8. The van der Waals surface area contributed by atoms with Crippen LogP contribution in [0.1, 0.15) is 15.9 Å². The maximum Gasteiger partial charge on any atom is 0.251 e. The van der Waals surface area contributed by atoms with Crippen LogP contribution >= 0.6 is 11.8 Å². The number of aromatic nitrogens is 1. The topological polar surface area (TPSA) is 89.5 Å². The van der Waals surface area contributed by atoms with Crippen molar-refractivity contribution in [1.82, 2.24) is 10.3 Å². The van der Waals surface area contributed by atoms with E-state index >= 15 is 0 Å². The first-order valence-electron chi connectivity index (χ1n) is 8.91. The fourth-order valence-corrected chi connectivity index (χ4v) is 3.50. The third-order valence-electron chi connectivity index (χ3n) is 4.44. The minimum Gasteiger partial charge on any atom is -0.377 e. The molecule has 1 fully saturated rings. The molecule has 1 saturated heterocycles. The number of thioether (sulfide) groups is 1. The van der Waals surface area contributed by atoms with Crippen molar-refractivity contribution in [3.63, 3.8) is 0 Å². The van der Waals surface area contributed by atoms with Gasteiger partial charge >= 0.3 is 0 Å². The first-order valence-corrected chi connectivity index (χ1v) is 9.90. The SMILES string of the molecule is CO[C@H]1COC[C@@H]1NC(=O)c1ccc(C)c(NC(=O)CSc2ccncc2)c1. The summed E-state index contributed by atoms with van der Waals surface area (Å²) in [6.07, 6.45) is 3.23. The first kappa shape index (κ1) is 20.3. The minimum absolute atomic E-state index is 0.133. The second-order valence-electron chi connectivity index (χ2n) is 6.44. The molecule has 2 N–H and O–H groups in total. The van der Waals surface area contributed by atoms with Gasteiger partial charge in [-0.3, -0.25) is 14.6 Å². The van der Waals surface area contributed by atoms with Gasteiger partial charge in [0.15, 0.2) is 0 Å². The largest absolute Gasteiger partial charge is 0.377 e. The predicted octanol–water partition coefficient (Wildman–Crippen LogP) is 2.26. The van der Waals surface area contributed by atoms with Gasteiger partial charge in [0.2, 0.25) is 5.91 Å². The molecule has 0 aliphatic carbocycles. The van der Waals surface area contributed by atoms with Gasteiger partial charge in [-0.15, -0.1) is 11.8 Å². The van der Waals surface area contributed by atoms with Gasteiger partial charge < -0.3 is 20.1 Å². The van der Waals surface area contributed by atoms with E-state index in [0.29, 0.717) is 24.5 Å². The molecule has 7 nitrogen and oxygen atoms in total. The van der Waals surface area contributed by atoms with Gasteiger partial charge in [-0.2, -0.15) is 0 Å². The summed E-state index contributed by atoms with van der Waals surface area (Å²) >= 11 is 1.43. The Balaban J connectivity index is 1.60. The van der Waals surface area contributed by atoms with Gasteiger partial charge in [0, 0.05) is 35.6 Å². The molecule has 2 heterocycles. The molecule has 3 rings (SSSR count). The standard InChI is InChI=1S/C20H23N3O4S/c1-13-3-4-14(20(25)23-17-10-27-11-18(17)26-2)9-16(13)22-19(24)12-28-15-5-7-21-8-6-15/h3-9,17-18H,10-12H2,1-2H3,(H,22,24)(H,23,25)/t17-,18-/m0/s1. The van der Waals surface area contributed by atoms with Crippen molar-refractivity contribution in [2.75, 3.05) is 31.4 Å². The van der Waals surface area contributed by atoms with E-state index in [2.05, 4.69) is 15.6 Å². The molecule has 0 saturated carbocycles. The maximum atomic E-state index is 12.6. The summed E-state index contributed by atoms with van der Waals surface area (Å²) in [5.41, 5.74) is 1.99. The molecule has 2 atom stereocenters. The van der Waals surface area contributed by atoms with Crippen LogP contribution in [0.15, 0.2) is 47.6 Å². The van der Waals surface area contributed by atoms with Crippen LogP contribution in [0, 0.1) is 6.92 Å². The van der Waals surface area contributed by atoms with E-state index < -0.39 is 0 Å². The number of nitrogens with one attached hydrogen (secondary N) is 2. The Hall–Kier alpha value is -2.42. The molecule has 1 aliphatic heterocycles. The molecule has 1 aliphatic rings. The number of anilines is 1. The van der Waals surface area contributed by atoms with E-state index in [4.69, 9.17) is 9.47 Å². The number of nitrogens with zero attached hydrogens (tertiary/aromatic N) is 1. The van der Waals surface area contributed by atoms with Crippen molar-refractivity contribution in [3.8, 4) is 0 Å². The molecule has 0 spiro atoms. The van der Waals surface area contributed by atoms with Gasteiger partial charge in [-0.1, -0.05) is 6.07 Å². The molecule has 0 radical (unpaired) electrons. The van der Waals surface area contributed by atoms with Gasteiger partial charge in [-0.25, -0.2) is 0 Å². The number of methoxy groups -OCH3 is 1. The molecule has 148 valence electrons. The lowest BCUT2D eigenvalue weighted by Crippen LogP contribution is -2.43. The van der Waals surface area contributed by atoms with Crippen LogP contribution in [-0.2, 0) is 14.3 Å². The van der Waals surface area contributed by atoms with Crippen molar-refractivity contribution in [2.24, 2.45) is 0 Å². The van der Waals surface area contributed by atoms with E-state index in [1.54, 1.807) is 31.6 Å². The highest BCUT2D eigenvalue weighted by Gasteiger charge is 2.29. The van der Waals surface area contributed by atoms with Crippen LogP contribution in [0.3, 0.4) is 0 Å². The highest BCUT2D eigenvalue weighted by atomic mass is 32.2. The summed E-state index contributed by atoms with van der Waals surface area (Å²) in [6.45, 7) is 2.77. The normalized spacial score (nSPS) is 18.6. The number of pyridine rings is 1. The lowest BCUT2D eigenvalue weighted by Gasteiger charge is -2.18. The van der Waals surface area contributed by atoms with E-state index in [1.807, 2.05) is 25.1 Å². The molecule has 28 heavy (non-hydrogen) atoms. The average Bonchev–Trinajstić information content (AvgIpc) is 3.16. The molecule has 2 aromatic rings. The van der Waals surface area contributed by atoms with Crippen molar-refractivity contribution in [3.05, 3.63) is 53.9 Å². The van der Waals surface area contributed by atoms with Crippen LogP contribution in [0.5, 0.6) is 0 Å². The van der Waals surface area contributed by atoms with Gasteiger partial charge in [-0.05, 0) is 36.8 Å². The van der Waals surface area contributed by atoms with Gasteiger partial charge in [0.1, 0.15) is 6.10 Å². The summed E-state index contributed by atoms with van der Waals surface area (Å²) in [5, 5.41) is 5.82. The first-order chi connectivity index (χ1) is 13.6. The van der Waals surface area contributed by atoms with E-state index in [-0.39, 0.29) is 29.7 Å². The molecule has 0 unspecified atom stereocenters. The molecule has 0 bridgehead atoms. The minimum atomic E-state index is -0.223. The van der Waals surface area contributed by atoms with Crippen molar-refractivity contribution < 1.29 is 19.1 Å². The number of benzene rings is 1. The Morgan fingerprint density at radius 2 is 2.04 bits per heavy atom. The lowest BCUT2D eigenvalue weighted by molar-refractivity contribution is -0.113. The van der Waals surface area contributed by atoms with Crippen LogP contribution < -0.4 is 10.6 Å². The Kier molecular flexibility index (Phi) is 7.02. The summed E-state index contributed by atoms with van der Waals surface area (Å²) in [6, 6.07) is 8.77. The number of ether oxygens (including phenoxy) is 2. The average molecular weight is 401 g/mol. The van der Waals surface area contributed by atoms with Crippen LogP contribution in [0.25, 0.3) is 0 Å². The fraction of sp³-hybridized carbons (Fsp3) is 0.350. The molecular formula is C20H23N3O4S. The number of amides is 2. The van der Waals surface area contributed by atoms with Crippen LogP contribution in [-0.4, -0.2) is 55.0 Å². The maximum absolute atomic E-state index is 12.6. The molecule has 1 aromatic carbocycles. The summed E-state index contributed by atoms with van der Waals surface area (Å²) in [5.74, 6) is -0.0836. The van der Waals surface area contributed by atoms with Crippen LogP contribution in [0.2, 0.25) is 0 Å². The number of hydrogen-bond donors (Lipinski definition) is 2. The molecular weight excluding hydrogens is 378 g/mol. The second kappa shape index (κ2) is 9.68. The van der Waals surface area contributed by atoms with E-state index in [0.717, 1.165) is 10.5 Å². The number of rotatable bonds is 7. The summed E-state index contributed by atoms with van der Waals surface area (Å²) in [4.78, 5) is 29.8. The number of carbonyl (C=O) groups excluding carboxylic acids is 2. The number of aryl methyl sites for hydroxylation is 1. The second-order valence-corrected chi connectivity index (χ2v) is 7.49. The Bertz CT molecular complexity index is 831. The van der Waals surface area contributed by atoms with Crippen molar-refractivity contribution >= 4 is 29.3 Å². The third-order valence-corrected chi connectivity index (χ3v) is 5.45. The summed E-state index contributed by atoms with van der Waals surface area (Å²) < 4.78 is 10.7. The predicted molar refractivity (Wildman–Crippen MR) is 108 cm³/mol.